The number of carbonyl (C=O) groups is 1. The number of ether oxygens (including phenoxy) is 1. The van der Waals surface area contributed by atoms with E-state index in [-0.39, 0.29) is 11.4 Å². The van der Waals surface area contributed by atoms with Gasteiger partial charge in [-0.15, -0.1) is 0 Å². The summed E-state index contributed by atoms with van der Waals surface area (Å²) in [4.78, 5) is 33.3. The number of anilines is 1. The molecule has 0 saturated carbocycles. The van der Waals surface area contributed by atoms with Crippen LogP contribution in [0.2, 0.25) is 0 Å². The van der Waals surface area contributed by atoms with Crippen molar-refractivity contribution in [1.82, 2.24) is 0 Å². The Morgan fingerprint density at radius 1 is 1.16 bits per heavy atom. The molecule has 126 valence electrons. The number of aryl methyl sites for hydroxylation is 1. The molecule has 0 saturated heterocycles. The Morgan fingerprint density at radius 2 is 1.88 bits per heavy atom. The van der Waals surface area contributed by atoms with Crippen LogP contribution in [0.1, 0.15) is 5.56 Å². The zero-order valence-corrected chi connectivity index (χ0v) is 13.0. The van der Waals surface area contributed by atoms with Crippen LogP contribution in [-0.4, -0.2) is 11.0 Å². The van der Waals surface area contributed by atoms with Crippen molar-refractivity contribution < 1.29 is 18.9 Å². The highest BCUT2D eigenvalue weighted by atomic mass is 16.6. The van der Waals surface area contributed by atoms with E-state index in [2.05, 4.69) is 5.32 Å². The van der Waals surface area contributed by atoms with Crippen molar-refractivity contribution in [3.8, 4) is 5.75 Å². The second-order valence-corrected chi connectivity index (χ2v) is 5.22. The lowest BCUT2D eigenvalue weighted by molar-refractivity contribution is -0.384. The van der Waals surface area contributed by atoms with Gasteiger partial charge in [-0.1, -0.05) is 0 Å². The Kier molecular flexibility index (Phi) is 4.17. The number of hydrogen-bond donors (Lipinski definition) is 1. The van der Waals surface area contributed by atoms with Crippen LogP contribution in [0, 0.1) is 17.0 Å². The molecule has 1 heterocycles. The summed E-state index contributed by atoms with van der Waals surface area (Å²) in [5.41, 5.74) is 1.05. The van der Waals surface area contributed by atoms with Gasteiger partial charge in [0.1, 0.15) is 11.3 Å². The minimum absolute atomic E-state index is 0.0979. The van der Waals surface area contributed by atoms with E-state index in [1.807, 2.05) is 0 Å². The highest BCUT2D eigenvalue weighted by molar-refractivity contribution is 5.91. The third-order valence-electron chi connectivity index (χ3n) is 3.45. The molecule has 1 aromatic heterocycles. The molecule has 0 aliphatic rings. The van der Waals surface area contributed by atoms with Crippen molar-refractivity contribution in [3.63, 3.8) is 0 Å². The molecule has 1 N–H and O–H groups in total. The van der Waals surface area contributed by atoms with Crippen LogP contribution in [0.5, 0.6) is 5.75 Å². The van der Waals surface area contributed by atoms with Crippen molar-refractivity contribution in [3.05, 3.63) is 74.6 Å². The van der Waals surface area contributed by atoms with Gasteiger partial charge in [-0.25, -0.2) is 9.59 Å². The molecule has 25 heavy (non-hydrogen) atoms. The fraction of sp³-hybridized carbons (Fsp3) is 0.0588. The van der Waals surface area contributed by atoms with E-state index in [1.165, 1.54) is 30.3 Å². The molecule has 0 aliphatic carbocycles. The molecule has 0 unspecified atom stereocenters. The molecule has 0 atom stereocenters. The number of nitro groups is 1. The van der Waals surface area contributed by atoms with E-state index in [4.69, 9.17) is 9.15 Å². The summed E-state index contributed by atoms with van der Waals surface area (Å²) in [6, 6.07) is 11.3. The third kappa shape index (κ3) is 3.63. The van der Waals surface area contributed by atoms with Gasteiger partial charge >= 0.3 is 11.7 Å². The Labute approximate surface area is 140 Å². The maximum absolute atomic E-state index is 11.9. The standard InChI is InChI=1S/C17H12N2O6/c1-10-8-16(20)25-15-7-2-11(9-14(10)15)18-17(21)24-13-5-3-12(4-6-13)19(22)23/h2-9H,1H3,(H,18,21). The van der Waals surface area contributed by atoms with Gasteiger partial charge in [-0.2, -0.15) is 0 Å². The van der Waals surface area contributed by atoms with Crippen LogP contribution >= 0.6 is 0 Å². The summed E-state index contributed by atoms with van der Waals surface area (Å²) in [5.74, 6) is 0.172. The lowest BCUT2D eigenvalue weighted by Crippen LogP contribution is -2.16. The fourth-order valence-electron chi connectivity index (χ4n) is 2.28. The number of nitrogens with one attached hydrogen (secondary N) is 1. The number of amides is 1. The summed E-state index contributed by atoms with van der Waals surface area (Å²) < 4.78 is 10.1. The first-order chi connectivity index (χ1) is 11.9. The molecular formula is C17H12N2O6. The first-order valence-corrected chi connectivity index (χ1v) is 7.20. The van der Waals surface area contributed by atoms with Gasteiger partial charge in [0.15, 0.2) is 0 Å². The summed E-state index contributed by atoms with van der Waals surface area (Å²) in [7, 11) is 0. The first kappa shape index (κ1) is 16.2. The largest absolute Gasteiger partial charge is 0.423 e. The van der Waals surface area contributed by atoms with Crippen molar-refractivity contribution in [2.75, 3.05) is 5.32 Å². The normalized spacial score (nSPS) is 10.4. The second kappa shape index (κ2) is 6.44. The summed E-state index contributed by atoms with van der Waals surface area (Å²) in [5, 5.41) is 13.8. The van der Waals surface area contributed by atoms with E-state index in [9.17, 15) is 19.7 Å². The Hall–Kier alpha value is -3.68. The summed E-state index contributed by atoms with van der Waals surface area (Å²) >= 11 is 0. The lowest BCUT2D eigenvalue weighted by Gasteiger charge is -2.08. The number of benzene rings is 2. The fourth-order valence-corrected chi connectivity index (χ4v) is 2.28. The molecule has 0 fully saturated rings. The molecular weight excluding hydrogens is 328 g/mol. The predicted molar refractivity (Wildman–Crippen MR) is 90.0 cm³/mol. The third-order valence-corrected chi connectivity index (χ3v) is 3.45. The van der Waals surface area contributed by atoms with Gasteiger partial charge in [0.25, 0.3) is 5.69 Å². The predicted octanol–water partition coefficient (Wildman–Crippen LogP) is 3.62. The van der Waals surface area contributed by atoms with Crippen LogP contribution in [0.3, 0.4) is 0 Å². The van der Waals surface area contributed by atoms with Gasteiger partial charge in [0.05, 0.1) is 4.92 Å². The number of nitro benzene ring substituents is 1. The van der Waals surface area contributed by atoms with Crippen LogP contribution in [0.25, 0.3) is 11.0 Å². The SMILES string of the molecule is Cc1cc(=O)oc2ccc(NC(=O)Oc3ccc([N+](=O)[O-])cc3)cc12. The molecule has 0 spiro atoms. The molecule has 0 bridgehead atoms. The number of rotatable bonds is 3. The quantitative estimate of drug-likeness (QED) is 0.443. The highest BCUT2D eigenvalue weighted by Crippen LogP contribution is 2.22. The van der Waals surface area contributed by atoms with E-state index in [0.29, 0.717) is 16.7 Å². The molecule has 0 radical (unpaired) electrons. The molecule has 1 amide bonds. The van der Waals surface area contributed by atoms with Gasteiger partial charge in [-0.3, -0.25) is 15.4 Å². The lowest BCUT2D eigenvalue weighted by atomic mass is 10.1. The molecule has 0 aliphatic heterocycles. The Balaban J connectivity index is 1.75. The van der Waals surface area contributed by atoms with Crippen molar-refractivity contribution >= 4 is 28.4 Å². The summed E-state index contributed by atoms with van der Waals surface area (Å²) in [6.45, 7) is 1.76. The number of fused-ring (bicyclic) bond motifs is 1. The number of non-ortho nitro benzene ring substituents is 1. The van der Waals surface area contributed by atoms with Gasteiger partial charge < -0.3 is 9.15 Å². The first-order valence-electron chi connectivity index (χ1n) is 7.20. The Morgan fingerprint density at radius 3 is 2.56 bits per heavy atom. The zero-order chi connectivity index (χ0) is 18.0. The monoisotopic (exact) mass is 340 g/mol. The van der Waals surface area contributed by atoms with Gasteiger partial charge in [0, 0.05) is 29.3 Å². The van der Waals surface area contributed by atoms with Crippen LogP contribution in [-0.2, 0) is 0 Å². The average molecular weight is 340 g/mol. The topological polar surface area (TPSA) is 112 Å². The molecule has 3 rings (SSSR count). The minimum Gasteiger partial charge on any atom is -0.423 e. The highest BCUT2D eigenvalue weighted by Gasteiger charge is 2.10. The van der Waals surface area contributed by atoms with E-state index in [1.54, 1.807) is 25.1 Å². The molecule has 8 heteroatoms. The smallest absolute Gasteiger partial charge is 0.417 e. The number of nitrogens with zero attached hydrogens (tertiary/aromatic N) is 1. The average Bonchev–Trinajstić information content (AvgIpc) is 2.55. The van der Waals surface area contributed by atoms with Crippen LogP contribution in [0.4, 0.5) is 16.2 Å². The Bertz CT molecular complexity index is 1020. The summed E-state index contributed by atoms with van der Waals surface area (Å²) in [6.07, 6.45) is -0.747. The van der Waals surface area contributed by atoms with E-state index in [0.717, 1.165) is 5.56 Å². The zero-order valence-electron chi connectivity index (χ0n) is 13.0. The second-order valence-electron chi connectivity index (χ2n) is 5.22. The molecule has 3 aromatic rings. The van der Waals surface area contributed by atoms with Crippen LogP contribution in [0.15, 0.2) is 57.7 Å². The van der Waals surface area contributed by atoms with Gasteiger partial charge in [0.2, 0.25) is 0 Å². The van der Waals surface area contributed by atoms with Crippen molar-refractivity contribution in [1.29, 1.82) is 0 Å². The van der Waals surface area contributed by atoms with E-state index < -0.39 is 16.6 Å². The number of hydrogen-bond acceptors (Lipinski definition) is 6. The van der Waals surface area contributed by atoms with Crippen molar-refractivity contribution in [2.45, 2.75) is 6.92 Å². The molecule has 8 nitrogen and oxygen atoms in total. The minimum atomic E-state index is -0.747. The number of carbonyl (C=O) groups excluding carboxylic acids is 1. The van der Waals surface area contributed by atoms with Gasteiger partial charge in [-0.05, 0) is 42.8 Å². The maximum Gasteiger partial charge on any atom is 0.417 e. The van der Waals surface area contributed by atoms with Crippen molar-refractivity contribution in [2.24, 2.45) is 0 Å². The maximum atomic E-state index is 11.9. The molecule has 2 aromatic carbocycles. The van der Waals surface area contributed by atoms with Crippen LogP contribution < -0.4 is 15.7 Å². The van der Waals surface area contributed by atoms with E-state index >= 15 is 0 Å².